The number of aromatic hydroxyl groups is 1. The minimum absolute atomic E-state index is 0.0477. The van der Waals surface area contributed by atoms with Gasteiger partial charge in [0.1, 0.15) is 5.75 Å². The maximum Gasteiger partial charge on any atom is 0.224 e. The number of carbonyl (C=O) groups excluding carboxylic acids is 1. The summed E-state index contributed by atoms with van der Waals surface area (Å²) in [5.74, 6) is 0.650. The molecule has 2 N–H and O–H groups in total. The summed E-state index contributed by atoms with van der Waals surface area (Å²) >= 11 is 0. The van der Waals surface area contributed by atoms with E-state index >= 15 is 0 Å². The summed E-state index contributed by atoms with van der Waals surface area (Å²) in [5, 5.41) is 12.3. The van der Waals surface area contributed by atoms with Gasteiger partial charge in [-0.3, -0.25) is 4.79 Å². The van der Waals surface area contributed by atoms with Crippen molar-refractivity contribution < 1.29 is 9.90 Å². The number of phenolic OH excluding ortho intramolecular Hbond substituents is 1. The van der Waals surface area contributed by atoms with Gasteiger partial charge in [0.25, 0.3) is 0 Å². The first-order chi connectivity index (χ1) is 10.0. The normalized spacial score (nSPS) is 10.6. The Hall–Kier alpha value is -2.29. The van der Waals surface area contributed by atoms with Crippen LogP contribution in [0.5, 0.6) is 5.75 Å². The SMILES string of the molecule is CC(C)c1ccc(CNC(=O)Cc2cccc(O)c2)cc1. The molecular weight excluding hydrogens is 262 g/mol. The van der Waals surface area contributed by atoms with E-state index in [1.54, 1.807) is 18.2 Å². The molecule has 2 aromatic carbocycles. The van der Waals surface area contributed by atoms with Crippen molar-refractivity contribution >= 4 is 5.91 Å². The van der Waals surface area contributed by atoms with Crippen molar-refractivity contribution in [3.8, 4) is 5.75 Å². The van der Waals surface area contributed by atoms with E-state index in [2.05, 4.69) is 31.3 Å². The Kier molecular flexibility index (Phi) is 4.99. The van der Waals surface area contributed by atoms with Gasteiger partial charge >= 0.3 is 0 Å². The monoisotopic (exact) mass is 283 g/mol. The Morgan fingerprint density at radius 2 is 1.81 bits per heavy atom. The van der Waals surface area contributed by atoms with Crippen molar-refractivity contribution in [2.75, 3.05) is 0 Å². The fraction of sp³-hybridized carbons (Fsp3) is 0.278. The molecule has 2 aromatic rings. The fourth-order valence-electron chi connectivity index (χ4n) is 2.14. The van der Waals surface area contributed by atoms with Crippen molar-refractivity contribution in [2.24, 2.45) is 0 Å². The molecule has 3 heteroatoms. The summed E-state index contributed by atoms with van der Waals surface area (Å²) < 4.78 is 0. The Labute approximate surface area is 125 Å². The van der Waals surface area contributed by atoms with E-state index in [-0.39, 0.29) is 18.1 Å². The fourth-order valence-corrected chi connectivity index (χ4v) is 2.14. The van der Waals surface area contributed by atoms with E-state index in [0.29, 0.717) is 12.5 Å². The van der Waals surface area contributed by atoms with E-state index < -0.39 is 0 Å². The zero-order chi connectivity index (χ0) is 15.2. The first-order valence-electron chi connectivity index (χ1n) is 7.18. The molecule has 0 saturated heterocycles. The van der Waals surface area contributed by atoms with Crippen molar-refractivity contribution in [1.29, 1.82) is 0 Å². The van der Waals surface area contributed by atoms with Gasteiger partial charge in [0.2, 0.25) is 5.91 Å². The van der Waals surface area contributed by atoms with Gasteiger partial charge in [-0.05, 0) is 34.7 Å². The van der Waals surface area contributed by atoms with E-state index in [1.807, 2.05) is 18.2 Å². The third-order valence-electron chi connectivity index (χ3n) is 3.41. The van der Waals surface area contributed by atoms with Gasteiger partial charge in [-0.15, -0.1) is 0 Å². The summed E-state index contributed by atoms with van der Waals surface area (Å²) in [7, 11) is 0. The van der Waals surface area contributed by atoms with E-state index in [0.717, 1.165) is 11.1 Å². The van der Waals surface area contributed by atoms with Gasteiger partial charge in [-0.1, -0.05) is 50.2 Å². The third-order valence-corrected chi connectivity index (χ3v) is 3.41. The lowest BCUT2D eigenvalue weighted by Crippen LogP contribution is -2.24. The lowest BCUT2D eigenvalue weighted by atomic mass is 10.0. The predicted octanol–water partition coefficient (Wildman–Crippen LogP) is 3.37. The summed E-state index contributed by atoms with van der Waals surface area (Å²) in [5.41, 5.74) is 3.19. The minimum Gasteiger partial charge on any atom is -0.508 e. The third kappa shape index (κ3) is 4.63. The molecule has 0 aliphatic rings. The van der Waals surface area contributed by atoms with Gasteiger partial charge in [-0.25, -0.2) is 0 Å². The smallest absolute Gasteiger partial charge is 0.224 e. The number of rotatable bonds is 5. The van der Waals surface area contributed by atoms with Crippen LogP contribution in [-0.4, -0.2) is 11.0 Å². The van der Waals surface area contributed by atoms with Crippen molar-refractivity contribution in [1.82, 2.24) is 5.32 Å². The summed E-state index contributed by atoms with van der Waals surface area (Å²) in [4.78, 5) is 11.9. The van der Waals surface area contributed by atoms with Gasteiger partial charge in [0.05, 0.1) is 6.42 Å². The second-order valence-corrected chi connectivity index (χ2v) is 5.52. The molecule has 0 unspecified atom stereocenters. The Morgan fingerprint density at radius 3 is 2.43 bits per heavy atom. The number of phenols is 1. The maximum atomic E-state index is 11.9. The number of benzene rings is 2. The quantitative estimate of drug-likeness (QED) is 0.884. The number of hydrogen-bond acceptors (Lipinski definition) is 2. The van der Waals surface area contributed by atoms with Crippen LogP contribution in [-0.2, 0) is 17.8 Å². The van der Waals surface area contributed by atoms with Gasteiger partial charge in [0, 0.05) is 6.54 Å². The highest BCUT2D eigenvalue weighted by Gasteiger charge is 2.04. The van der Waals surface area contributed by atoms with Crippen LogP contribution < -0.4 is 5.32 Å². The second kappa shape index (κ2) is 6.93. The molecule has 0 spiro atoms. The number of nitrogens with one attached hydrogen (secondary N) is 1. The average Bonchev–Trinajstić information content (AvgIpc) is 2.45. The second-order valence-electron chi connectivity index (χ2n) is 5.52. The van der Waals surface area contributed by atoms with E-state index in [4.69, 9.17) is 0 Å². The molecule has 0 heterocycles. The van der Waals surface area contributed by atoms with Gasteiger partial charge in [-0.2, -0.15) is 0 Å². The lowest BCUT2D eigenvalue weighted by Gasteiger charge is -2.08. The molecule has 0 fully saturated rings. The maximum absolute atomic E-state index is 11.9. The summed E-state index contributed by atoms with van der Waals surface area (Å²) in [6.45, 7) is 4.84. The van der Waals surface area contributed by atoms with Crippen LogP contribution in [0.25, 0.3) is 0 Å². The Bertz CT molecular complexity index is 603. The van der Waals surface area contributed by atoms with Crippen LogP contribution in [0.15, 0.2) is 48.5 Å². The number of hydrogen-bond donors (Lipinski definition) is 2. The van der Waals surface area contributed by atoms with Crippen LogP contribution in [0.1, 0.15) is 36.5 Å². The van der Waals surface area contributed by atoms with Gasteiger partial charge < -0.3 is 10.4 Å². The molecular formula is C18H21NO2. The van der Waals surface area contributed by atoms with Crippen molar-refractivity contribution in [3.05, 3.63) is 65.2 Å². The van der Waals surface area contributed by atoms with Crippen LogP contribution in [0.3, 0.4) is 0 Å². The molecule has 0 bridgehead atoms. The van der Waals surface area contributed by atoms with Gasteiger partial charge in [0.15, 0.2) is 0 Å². The Morgan fingerprint density at radius 1 is 1.10 bits per heavy atom. The average molecular weight is 283 g/mol. The van der Waals surface area contributed by atoms with Crippen molar-refractivity contribution in [3.63, 3.8) is 0 Å². The van der Waals surface area contributed by atoms with Crippen LogP contribution >= 0.6 is 0 Å². The molecule has 0 aliphatic carbocycles. The molecule has 0 atom stereocenters. The topological polar surface area (TPSA) is 49.3 Å². The highest BCUT2D eigenvalue weighted by atomic mass is 16.3. The van der Waals surface area contributed by atoms with Crippen LogP contribution in [0, 0.1) is 0 Å². The zero-order valence-corrected chi connectivity index (χ0v) is 12.5. The molecule has 21 heavy (non-hydrogen) atoms. The van der Waals surface area contributed by atoms with E-state index in [1.165, 1.54) is 5.56 Å². The highest BCUT2D eigenvalue weighted by molar-refractivity contribution is 5.78. The molecule has 3 nitrogen and oxygen atoms in total. The van der Waals surface area contributed by atoms with Crippen LogP contribution in [0.2, 0.25) is 0 Å². The van der Waals surface area contributed by atoms with Crippen LogP contribution in [0.4, 0.5) is 0 Å². The summed E-state index contributed by atoms with van der Waals surface area (Å²) in [6, 6.07) is 15.1. The highest BCUT2D eigenvalue weighted by Crippen LogP contribution is 2.15. The molecule has 2 rings (SSSR count). The van der Waals surface area contributed by atoms with E-state index in [9.17, 15) is 9.90 Å². The minimum atomic E-state index is -0.0477. The molecule has 0 saturated carbocycles. The molecule has 0 aromatic heterocycles. The first-order valence-corrected chi connectivity index (χ1v) is 7.18. The Balaban J connectivity index is 1.86. The standard InChI is InChI=1S/C18H21NO2/c1-13(2)16-8-6-14(7-9-16)12-19-18(21)11-15-4-3-5-17(20)10-15/h3-10,13,20H,11-12H2,1-2H3,(H,19,21). The largest absolute Gasteiger partial charge is 0.508 e. The predicted molar refractivity (Wildman–Crippen MR) is 84.2 cm³/mol. The molecule has 110 valence electrons. The number of amides is 1. The lowest BCUT2D eigenvalue weighted by molar-refractivity contribution is -0.120. The molecule has 0 aliphatic heterocycles. The number of carbonyl (C=O) groups is 1. The summed E-state index contributed by atoms with van der Waals surface area (Å²) in [6.07, 6.45) is 0.276. The molecule has 1 amide bonds. The van der Waals surface area contributed by atoms with Crippen molar-refractivity contribution in [2.45, 2.75) is 32.7 Å². The first kappa shape index (κ1) is 15.1. The molecule has 0 radical (unpaired) electrons. The zero-order valence-electron chi connectivity index (χ0n) is 12.5.